The van der Waals surface area contributed by atoms with E-state index >= 15 is 0 Å². The van der Waals surface area contributed by atoms with Crippen molar-refractivity contribution in [1.82, 2.24) is 9.88 Å². The fourth-order valence-electron chi connectivity index (χ4n) is 1.88. The average Bonchev–Trinajstić information content (AvgIpc) is 2.93. The third-order valence-electron chi connectivity index (χ3n) is 3.14. The molecule has 2 rings (SSSR count). The zero-order valence-electron chi connectivity index (χ0n) is 11.6. The number of hydrogen-bond acceptors (Lipinski definition) is 4. The van der Waals surface area contributed by atoms with Gasteiger partial charge in [0.2, 0.25) is 5.91 Å². The molecular weight excluding hydrogens is 296 g/mol. The van der Waals surface area contributed by atoms with Gasteiger partial charge in [0.05, 0.1) is 6.54 Å². The minimum atomic E-state index is -0.501. The van der Waals surface area contributed by atoms with Gasteiger partial charge in [0, 0.05) is 23.2 Å². The summed E-state index contributed by atoms with van der Waals surface area (Å²) in [5, 5.41) is 4.91. The number of amides is 1. The number of anilines is 1. The van der Waals surface area contributed by atoms with E-state index in [0.717, 1.165) is 18.2 Å². The van der Waals surface area contributed by atoms with Crippen molar-refractivity contribution in [3.63, 3.8) is 0 Å². The molecule has 112 valence electrons. The Morgan fingerprint density at radius 3 is 2.90 bits per heavy atom. The van der Waals surface area contributed by atoms with Crippen molar-refractivity contribution in [2.24, 2.45) is 0 Å². The molecule has 0 aliphatic heterocycles. The highest BCUT2D eigenvalue weighted by Crippen LogP contribution is 2.22. The maximum Gasteiger partial charge on any atom is 0.240 e. The Morgan fingerprint density at radius 2 is 2.24 bits per heavy atom. The summed E-state index contributed by atoms with van der Waals surface area (Å²) in [7, 11) is 1.68. The Labute approximate surface area is 125 Å². The number of benzene rings is 1. The van der Waals surface area contributed by atoms with Gasteiger partial charge in [-0.15, -0.1) is 11.3 Å². The predicted octanol–water partition coefficient (Wildman–Crippen LogP) is 3.05. The Kier molecular flexibility index (Phi) is 4.98. The number of carbonyl (C=O) groups is 1. The molecule has 1 atom stereocenters. The molecule has 0 saturated carbocycles. The normalized spacial score (nSPS) is 12.4. The number of carbonyl (C=O) groups excluding carboxylic acids is 1. The monoisotopic (exact) mass is 311 g/mol. The quantitative estimate of drug-likeness (QED) is 0.923. The van der Waals surface area contributed by atoms with Crippen LogP contribution >= 0.6 is 11.3 Å². The fourth-order valence-corrected chi connectivity index (χ4v) is 2.42. The van der Waals surface area contributed by atoms with Crippen molar-refractivity contribution in [3.05, 3.63) is 47.0 Å². The van der Waals surface area contributed by atoms with Crippen LogP contribution in [0.3, 0.4) is 0 Å². The van der Waals surface area contributed by atoms with E-state index in [2.05, 4.69) is 10.3 Å². The smallest absolute Gasteiger partial charge is 0.240 e. The molecule has 0 spiro atoms. The molecule has 1 aromatic carbocycles. The largest absolute Gasteiger partial charge is 0.301 e. The van der Waals surface area contributed by atoms with Crippen LogP contribution in [-0.4, -0.2) is 29.4 Å². The lowest BCUT2D eigenvalue weighted by Gasteiger charge is -2.24. The maximum atomic E-state index is 13.7. The lowest BCUT2D eigenvalue weighted by atomic mass is 10.1. The second-order valence-electron chi connectivity index (χ2n) is 4.64. The molecule has 21 heavy (non-hydrogen) atoms. The predicted molar refractivity (Wildman–Crippen MR) is 78.1 cm³/mol. The van der Waals surface area contributed by atoms with E-state index in [-0.39, 0.29) is 18.0 Å². The molecule has 1 heterocycles. The minimum Gasteiger partial charge on any atom is -0.301 e. The number of nitrogens with one attached hydrogen (secondary N) is 1. The SMILES string of the molecule is CC(c1cc(F)ccc1F)N(C)CC(=O)Nc1nccs1. The first-order chi connectivity index (χ1) is 9.97. The number of likely N-dealkylation sites (N-methyl/N-ethyl adjacent to an activating group) is 1. The van der Waals surface area contributed by atoms with E-state index in [1.165, 1.54) is 11.3 Å². The van der Waals surface area contributed by atoms with E-state index in [0.29, 0.717) is 5.13 Å². The molecule has 1 N–H and O–H groups in total. The van der Waals surface area contributed by atoms with Gasteiger partial charge in [-0.05, 0) is 32.2 Å². The van der Waals surface area contributed by atoms with E-state index < -0.39 is 17.7 Å². The number of nitrogens with zero attached hydrogens (tertiary/aromatic N) is 2. The van der Waals surface area contributed by atoms with Gasteiger partial charge in [0.1, 0.15) is 11.6 Å². The number of rotatable bonds is 5. The summed E-state index contributed by atoms with van der Waals surface area (Å²) in [4.78, 5) is 17.4. The van der Waals surface area contributed by atoms with Crippen LogP contribution < -0.4 is 5.32 Å². The second kappa shape index (κ2) is 6.73. The molecule has 7 heteroatoms. The highest BCUT2D eigenvalue weighted by atomic mass is 32.1. The van der Waals surface area contributed by atoms with Gasteiger partial charge in [-0.3, -0.25) is 9.69 Å². The summed E-state index contributed by atoms with van der Waals surface area (Å²) < 4.78 is 26.9. The van der Waals surface area contributed by atoms with Gasteiger partial charge in [0.15, 0.2) is 5.13 Å². The summed E-state index contributed by atoms with van der Waals surface area (Å²) in [6.07, 6.45) is 1.59. The molecule has 0 fully saturated rings. The highest BCUT2D eigenvalue weighted by Gasteiger charge is 2.19. The molecular formula is C14H15F2N3OS. The zero-order valence-corrected chi connectivity index (χ0v) is 12.5. The van der Waals surface area contributed by atoms with E-state index in [9.17, 15) is 13.6 Å². The van der Waals surface area contributed by atoms with Crippen LogP contribution in [0.15, 0.2) is 29.8 Å². The van der Waals surface area contributed by atoms with Crippen molar-refractivity contribution in [1.29, 1.82) is 0 Å². The summed E-state index contributed by atoms with van der Waals surface area (Å²) >= 11 is 1.32. The van der Waals surface area contributed by atoms with Crippen LogP contribution in [0.25, 0.3) is 0 Å². The van der Waals surface area contributed by atoms with Gasteiger partial charge >= 0.3 is 0 Å². The summed E-state index contributed by atoms with van der Waals surface area (Å²) in [5.74, 6) is -1.24. The maximum absolute atomic E-state index is 13.7. The Bertz CT molecular complexity index is 619. The number of aromatic nitrogens is 1. The number of hydrogen-bond donors (Lipinski definition) is 1. The number of thiazole rings is 1. The molecule has 0 bridgehead atoms. The van der Waals surface area contributed by atoms with E-state index in [4.69, 9.17) is 0 Å². The van der Waals surface area contributed by atoms with Crippen molar-refractivity contribution >= 4 is 22.4 Å². The lowest BCUT2D eigenvalue weighted by molar-refractivity contribution is -0.117. The van der Waals surface area contributed by atoms with Crippen molar-refractivity contribution in [2.75, 3.05) is 18.9 Å². The van der Waals surface area contributed by atoms with Gasteiger partial charge in [0.25, 0.3) is 0 Å². The van der Waals surface area contributed by atoms with Gasteiger partial charge < -0.3 is 5.32 Å². The molecule has 2 aromatic rings. The highest BCUT2D eigenvalue weighted by molar-refractivity contribution is 7.13. The molecule has 0 radical (unpaired) electrons. The molecule has 1 aromatic heterocycles. The Hall–Kier alpha value is -1.86. The molecule has 0 aliphatic rings. The zero-order chi connectivity index (χ0) is 15.4. The average molecular weight is 311 g/mol. The standard InChI is InChI=1S/C14H15F2N3OS/c1-9(11-7-10(15)3-4-12(11)16)19(2)8-13(20)18-14-17-5-6-21-14/h3-7,9H,8H2,1-2H3,(H,17,18,20). The third kappa shape index (κ3) is 4.05. The van der Waals surface area contributed by atoms with Crippen LogP contribution in [0, 0.1) is 11.6 Å². The minimum absolute atomic E-state index is 0.0523. The third-order valence-corrected chi connectivity index (χ3v) is 3.83. The van der Waals surface area contributed by atoms with Crippen LogP contribution in [0.4, 0.5) is 13.9 Å². The molecule has 0 aliphatic carbocycles. The first kappa shape index (κ1) is 15.5. The Balaban J connectivity index is 2.00. The van der Waals surface area contributed by atoms with Crippen molar-refractivity contribution in [2.45, 2.75) is 13.0 Å². The molecule has 1 amide bonds. The van der Waals surface area contributed by atoms with Crippen LogP contribution in [0.2, 0.25) is 0 Å². The molecule has 4 nitrogen and oxygen atoms in total. The van der Waals surface area contributed by atoms with E-state index in [1.807, 2.05) is 0 Å². The fraction of sp³-hybridized carbons (Fsp3) is 0.286. The second-order valence-corrected chi connectivity index (χ2v) is 5.54. The van der Waals surface area contributed by atoms with E-state index in [1.54, 1.807) is 30.4 Å². The summed E-state index contributed by atoms with van der Waals surface area (Å²) in [6.45, 7) is 1.77. The first-order valence-corrected chi connectivity index (χ1v) is 7.20. The summed E-state index contributed by atoms with van der Waals surface area (Å²) in [6, 6.07) is 2.88. The Morgan fingerprint density at radius 1 is 1.48 bits per heavy atom. The van der Waals surface area contributed by atoms with Crippen LogP contribution in [0.5, 0.6) is 0 Å². The molecule has 0 saturated heterocycles. The van der Waals surface area contributed by atoms with Crippen LogP contribution in [0.1, 0.15) is 18.5 Å². The van der Waals surface area contributed by atoms with Gasteiger partial charge in [-0.1, -0.05) is 0 Å². The lowest BCUT2D eigenvalue weighted by Crippen LogP contribution is -2.32. The first-order valence-electron chi connectivity index (χ1n) is 6.32. The van der Waals surface area contributed by atoms with Crippen molar-refractivity contribution in [3.8, 4) is 0 Å². The van der Waals surface area contributed by atoms with Crippen molar-refractivity contribution < 1.29 is 13.6 Å². The van der Waals surface area contributed by atoms with Gasteiger partial charge in [-0.2, -0.15) is 0 Å². The van der Waals surface area contributed by atoms with Gasteiger partial charge in [-0.25, -0.2) is 13.8 Å². The molecule has 1 unspecified atom stereocenters. The number of halogens is 2. The topological polar surface area (TPSA) is 45.2 Å². The van der Waals surface area contributed by atoms with Crippen LogP contribution in [-0.2, 0) is 4.79 Å². The summed E-state index contributed by atoms with van der Waals surface area (Å²) in [5.41, 5.74) is 0.222.